The molecule has 15 heavy (non-hydrogen) atoms. The monoisotopic (exact) mass is 223 g/mol. The fourth-order valence-corrected chi connectivity index (χ4v) is 2.80. The van der Waals surface area contributed by atoms with Gasteiger partial charge in [-0.15, -0.1) is 0 Å². The number of nitrogens with one attached hydrogen (secondary N) is 1. The highest BCUT2D eigenvalue weighted by molar-refractivity contribution is 6.13. The lowest BCUT2D eigenvalue weighted by Gasteiger charge is -2.30. The van der Waals surface area contributed by atoms with Gasteiger partial charge in [-0.1, -0.05) is 43.2 Å². The number of rotatable bonds is 3. The summed E-state index contributed by atoms with van der Waals surface area (Å²) in [6, 6.07) is 11.2. The lowest BCUT2D eigenvalue weighted by molar-refractivity contribution is 0.290. The molecule has 0 saturated heterocycles. The fourth-order valence-electron chi connectivity index (χ4n) is 2.51. The second-order valence-electron chi connectivity index (χ2n) is 4.45. The normalized spacial score (nSPS) is 26.5. The topological polar surface area (TPSA) is 12.0 Å². The van der Waals surface area contributed by atoms with Crippen molar-refractivity contribution in [2.75, 3.05) is 0 Å². The SMILES string of the molecule is ClN[C@@H]1CCCC[C@H]1Cc1ccccc1. The molecule has 2 rings (SSSR count). The molecule has 0 heterocycles. The molecule has 0 radical (unpaired) electrons. The van der Waals surface area contributed by atoms with Gasteiger partial charge in [-0.05, 0) is 42.5 Å². The van der Waals surface area contributed by atoms with Crippen LogP contribution in [0.15, 0.2) is 30.3 Å². The first-order chi connectivity index (χ1) is 7.40. The molecule has 82 valence electrons. The van der Waals surface area contributed by atoms with Gasteiger partial charge >= 0.3 is 0 Å². The van der Waals surface area contributed by atoms with Crippen molar-refractivity contribution in [3.8, 4) is 0 Å². The van der Waals surface area contributed by atoms with Crippen molar-refractivity contribution in [3.05, 3.63) is 35.9 Å². The maximum atomic E-state index is 5.79. The highest BCUT2D eigenvalue weighted by Gasteiger charge is 2.24. The van der Waals surface area contributed by atoms with E-state index in [-0.39, 0.29) is 0 Å². The van der Waals surface area contributed by atoms with Crippen LogP contribution in [-0.4, -0.2) is 6.04 Å². The Labute approximate surface area is 96.9 Å². The van der Waals surface area contributed by atoms with Crippen LogP contribution in [0.25, 0.3) is 0 Å². The highest BCUT2D eigenvalue weighted by atomic mass is 35.5. The van der Waals surface area contributed by atoms with Gasteiger partial charge in [0.1, 0.15) is 0 Å². The summed E-state index contributed by atoms with van der Waals surface area (Å²) in [6.45, 7) is 0. The molecular formula is C13H18ClN. The van der Waals surface area contributed by atoms with Crippen LogP contribution in [0.2, 0.25) is 0 Å². The van der Waals surface area contributed by atoms with Crippen molar-refractivity contribution >= 4 is 11.8 Å². The zero-order valence-electron chi connectivity index (χ0n) is 8.95. The zero-order chi connectivity index (χ0) is 10.5. The maximum Gasteiger partial charge on any atom is 0.0252 e. The van der Waals surface area contributed by atoms with Gasteiger partial charge < -0.3 is 0 Å². The molecule has 1 aliphatic rings. The number of hydrogen-bond acceptors (Lipinski definition) is 1. The first-order valence-corrected chi connectivity index (χ1v) is 6.18. The van der Waals surface area contributed by atoms with Crippen molar-refractivity contribution in [3.63, 3.8) is 0 Å². The van der Waals surface area contributed by atoms with E-state index in [0.29, 0.717) is 12.0 Å². The van der Waals surface area contributed by atoms with Crippen LogP contribution in [0.1, 0.15) is 31.2 Å². The van der Waals surface area contributed by atoms with E-state index in [1.807, 2.05) is 0 Å². The van der Waals surface area contributed by atoms with Gasteiger partial charge in [0.15, 0.2) is 0 Å². The summed E-state index contributed by atoms with van der Waals surface area (Å²) in [5, 5.41) is 0. The summed E-state index contributed by atoms with van der Waals surface area (Å²) in [5.41, 5.74) is 1.43. The summed E-state index contributed by atoms with van der Waals surface area (Å²) in [6.07, 6.45) is 6.35. The summed E-state index contributed by atoms with van der Waals surface area (Å²) < 4.78 is 0. The molecule has 1 fully saturated rings. The van der Waals surface area contributed by atoms with E-state index in [9.17, 15) is 0 Å². The van der Waals surface area contributed by atoms with Gasteiger partial charge in [0.05, 0.1) is 0 Å². The molecule has 0 amide bonds. The Morgan fingerprint density at radius 2 is 1.87 bits per heavy atom. The van der Waals surface area contributed by atoms with Gasteiger partial charge in [-0.3, -0.25) is 0 Å². The predicted molar refractivity (Wildman–Crippen MR) is 64.9 cm³/mol. The number of hydrogen-bond donors (Lipinski definition) is 1. The fraction of sp³-hybridized carbons (Fsp3) is 0.538. The van der Waals surface area contributed by atoms with Gasteiger partial charge in [0.25, 0.3) is 0 Å². The van der Waals surface area contributed by atoms with Gasteiger partial charge in [0.2, 0.25) is 0 Å². The van der Waals surface area contributed by atoms with Gasteiger partial charge in [-0.2, -0.15) is 0 Å². The molecule has 1 aromatic rings. The molecule has 2 heteroatoms. The Morgan fingerprint density at radius 3 is 2.60 bits per heavy atom. The Hall–Kier alpha value is -0.530. The third-order valence-corrected chi connectivity index (χ3v) is 3.67. The largest absolute Gasteiger partial charge is 0.230 e. The first-order valence-electron chi connectivity index (χ1n) is 5.80. The molecule has 0 bridgehead atoms. The van der Waals surface area contributed by atoms with E-state index in [4.69, 9.17) is 11.8 Å². The van der Waals surface area contributed by atoms with Gasteiger partial charge in [0, 0.05) is 6.04 Å². The van der Waals surface area contributed by atoms with Crippen LogP contribution in [0.5, 0.6) is 0 Å². The van der Waals surface area contributed by atoms with Crippen LogP contribution in [-0.2, 0) is 6.42 Å². The average molecular weight is 224 g/mol. The number of halogens is 1. The summed E-state index contributed by atoms with van der Waals surface area (Å²) in [5.74, 6) is 0.707. The van der Waals surface area contributed by atoms with E-state index in [1.54, 1.807) is 0 Å². The molecule has 0 spiro atoms. The quantitative estimate of drug-likeness (QED) is 0.774. The minimum atomic E-state index is 0.501. The second kappa shape index (κ2) is 5.53. The van der Waals surface area contributed by atoms with E-state index >= 15 is 0 Å². The molecule has 1 saturated carbocycles. The maximum absolute atomic E-state index is 5.79. The van der Waals surface area contributed by atoms with Crippen molar-refractivity contribution in [2.24, 2.45) is 5.92 Å². The Kier molecular flexibility index (Phi) is 4.04. The third kappa shape index (κ3) is 2.96. The summed E-state index contributed by atoms with van der Waals surface area (Å²) in [4.78, 5) is 2.95. The van der Waals surface area contributed by atoms with E-state index in [1.165, 1.54) is 31.2 Å². The van der Waals surface area contributed by atoms with Gasteiger partial charge in [-0.25, -0.2) is 4.84 Å². The van der Waals surface area contributed by atoms with Crippen LogP contribution in [0.4, 0.5) is 0 Å². The minimum Gasteiger partial charge on any atom is -0.230 e. The molecule has 2 atom stereocenters. The Bertz CT molecular complexity index is 286. The van der Waals surface area contributed by atoms with Crippen LogP contribution in [0.3, 0.4) is 0 Å². The Balaban J connectivity index is 1.97. The molecule has 0 aromatic heterocycles. The molecule has 1 nitrogen and oxygen atoms in total. The molecule has 1 N–H and O–H groups in total. The summed E-state index contributed by atoms with van der Waals surface area (Å²) in [7, 11) is 0. The van der Waals surface area contributed by atoms with E-state index < -0.39 is 0 Å². The lowest BCUT2D eigenvalue weighted by Crippen LogP contribution is -2.34. The molecule has 1 aromatic carbocycles. The summed E-state index contributed by atoms with van der Waals surface area (Å²) >= 11 is 5.79. The standard InChI is InChI=1S/C13H18ClN/c14-15-13-9-5-4-8-12(13)10-11-6-2-1-3-7-11/h1-3,6-7,12-13,15H,4-5,8-10H2/t12-,13+/m0/s1. The van der Waals surface area contributed by atoms with E-state index in [0.717, 1.165) is 6.42 Å². The molecule has 0 aliphatic heterocycles. The van der Waals surface area contributed by atoms with Crippen molar-refractivity contribution in [1.82, 2.24) is 4.84 Å². The molecular weight excluding hydrogens is 206 g/mol. The van der Waals surface area contributed by atoms with Crippen LogP contribution in [0, 0.1) is 5.92 Å². The molecule has 0 unspecified atom stereocenters. The molecule has 1 aliphatic carbocycles. The average Bonchev–Trinajstić information content (AvgIpc) is 2.31. The van der Waals surface area contributed by atoms with Crippen molar-refractivity contribution in [1.29, 1.82) is 0 Å². The third-order valence-electron chi connectivity index (χ3n) is 3.39. The van der Waals surface area contributed by atoms with E-state index in [2.05, 4.69) is 35.2 Å². The van der Waals surface area contributed by atoms with Crippen LogP contribution >= 0.6 is 11.8 Å². The lowest BCUT2D eigenvalue weighted by atomic mass is 9.81. The first kappa shape index (κ1) is 11.0. The van der Waals surface area contributed by atoms with Crippen molar-refractivity contribution in [2.45, 2.75) is 38.1 Å². The Morgan fingerprint density at radius 1 is 1.13 bits per heavy atom. The highest BCUT2D eigenvalue weighted by Crippen LogP contribution is 2.27. The zero-order valence-corrected chi connectivity index (χ0v) is 9.71. The van der Waals surface area contributed by atoms with Crippen LogP contribution < -0.4 is 4.84 Å². The predicted octanol–water partition coefficient (Wildman–Crippen LogP) is 3.53. The van der Waals surface area contributed by atoms with Crippen molar-refractivity contribution < 1.29 is 0 Å². The minimum absolute atomic E-state index is 0.501. The second-order valence-corrected chi connectivity index (χ2v) is 4.67. The number of benzene rings is 1. The smallest absolute Gasteiger partial charge is 0.0252 e.